The number of ether oxygens (including phenoxy) is 1. The summed E-state index contributed by atoms with van der Waals surface area (Å²) in [5, 5.41) is 9.56. The van der Waals surface area contributed by atoms with E-state index in [-0.39, 0.29) is 24.3 Å². The largest absolute Gasteiger partial charge is 0.376 e. The molecule has 2 aromatic rings. The summed E-state index contributed by atoms with van der Waals surface area (Å²) in [7, 11) is 0. The van der Waals surface area contributed by atoms with E-state index in [1.807, 2.05) is 6.92 Å². The molecule has 1 fully saturated rings. The monoisotopic (exact) mass is 386 g/mol. The molecule has 0 spiro atoms. The summed E-state index contributed by atoms with van der Waals surface area (Å²) in [6, 6.07) is 6.95. The number of nitrogens with zero attached hydrogens (tertiary/aromatic N) is 2. The van der Waals surface area contributed by atoms with E-state index < -0.39 is 0 Å². The second-order valence-corrected chi connectivity index (χ2v) is 6.79. The Bertz CT molecular complexity index is 799. The minimum Gasteiger partial charge on any atom is -0.376 e. The minimum absolute atomic E-state index is 0.0673. The number of rotatable bonds is 9. The third kappa shape index (κ3) is 5.63. The Morgan fingerprint density at radius 3 is 2.89 bits per heavy atom. The summed E-state index contributed by atoms with van der Waals surface area (Å²) in [5.74, 6) is 0.662. The minimum atomic E-state index is -0.229. The van der Waals surface area contributed by atoms with Crippen molar-refractivity contribution >= 4 is 17.5 Å². The van der Waals surface area contributed by atoms with Crippen molar-refractivity contribution in [1.82, 2.24) is 15.5 Å². The van der Waals surface area contributed by atoms with E-state index in [0.29, 0.717) is 35.9 Å². The van der Waals surface area contributed by atoms with Gasteiger partial charge in [-0.15, -0.1) is 0 Å². The maximum Gasteiger partial charge on any atom is 0.253 e. The van der Waals surface area contributed by atoms with E-state index in [1.54, 1.807) is 24.3 Å². The smallest absolute Gasteiger partial charge is 0.253 e. The number of aryl methyl sites for hydroxylation is 2. The average molecular weight is 386 g/mol. The Morgan fingerprint density at radius 2 is 2.11 bits per heavy atom. The molecule has 8 nitrogen and oxygen atoms in total. The van der Waals surface area contributed by atoms with Crippen LogP contribution in [-0.2, 0) is 22.4 Å². The lowest BCUT2D eigenvalue weighted by molar-refractivity contribution is -0.116. The van der Waals surface area contributed by atoms with E-state index >= 15 is 0 Å². The van der Waals surface area contributed by atoms with E-state index in [1.165, 1.54) is 0 Å². The molecule has 0 saturated carbocycles. The van der Waals surface area contributed by atoms with Crippen LogP contribution in [-0.4, -0.2) is 41.2 Å². The van der Waals surface area contributed by atoms with Crippen molar-refractivity contribution in [2.24, 2.45) is 0 Å². The van der Waals surface area contributed by atoms with Crippen molar-refractivity contribution in [3.8, 4) is 0 Å². The Hall–Kier alpha value is -2.74. The van der Waals surface area contributed by atoms with Crippen molar-refractivity contribution < 1.29 is 18.8 Å². The van der Waals surface area contributed by atoms with Crippen LogP contribution in [0.3, 0.4) is 0 Å². The topological polar surface area (TPSA) is 106 Å². The first kappa shape index (κ1) is 20.0. The third-order valence-corrected chi connectivity index (χ3v) is 4.51. The lowest BCUT2D eigenvalue weighted by atomic mass is 10.1. The number of hydrogen-bond acceptors (Lipinski definition) is 6. The van der Waals surface area contributed by atoms with Gasteiger partial charge in [-0.2, -0.15) is 4.98 Å². The van der Waals surface area contributed by atoms with Crippen LogP contribution in [0.15, 0.2) is 28.8 Å². The number of carbonyl (C=O) groups is 2. The van der Waals surface area contributed by atoms with E-state index in [0.717, 1.165) is 32.3 Å². The van der Waals surface area contributed by atoms with Gasteiger partial charge in [0.25, 0.3) is 5.91 Å². The number of anilines is 1. The van der Waals surface area contributed by atoms with Crippen molar-refractivity contribution in [3.05, 3.63) is 41.5 Å². The van der Waals surface area contributed by atoms with Crippen molar-refractivity contribution in [2.75, 3.05) is 18.5 Å². The van der Waals surface area contributed by atoms with Gasteiger partial charge in [-0.1, -0.05) is 24.2 Å². The summed E-state index contributed by atoms with van der Waals surface area (Å²) in [4.78, 5) is 29.1. The highest BCUT2D eigenvalue weighted by molar-refractivity contribution is 6.03. The lowest BCUT2D eigenvalue weighted by Crippen LogP contribution is -2.32. The predicted octanol–water partition coefficient (Wildman–Crippen LogP) is 2.50. The molecule has 2 heterocycles. The number of carbonyl (C=O) groups excluding carboxylic acids is 2. The number of nitrogens with one attached hydrogen (secondary N) is 2. The van der Waals surface area contributed by atoms with E-state index in [9.17, 15) is 9.59 Å². The summed E-state index contributed by atoms with van der Waals surface area (Å²) in [5.41, 5.74) is 0.909. The van der Waals surface area contributed by atoms with Crippen LogP contribution in [0.4, 0.5) is 5.69 Å². The second-order valence-electron chi connectivity index (χ2n) is 6.79. The average Bonchev–Trinajstić information content (AvgIpc) is 3.37. The fraction of sp³-hybridized carbons (Fsp3) is 0.500. The highest BCUT2D eigenvalue weighted by Crippen LogP contribution is 2.16. The zero-order valence-electron chi connectivity index (χ0n) is 16.1. The molecule has 2 N–H and O–H groups in total. The molecule has 8 heteroatoms. The first-order valence-electron chi connectivity index (χ1n) is 9.76. The molecule has 0 bridgehead atoms. The second kappa shape index (κ2) is 9.98. The first-order chi connectivity index (χ1) is 13.7. The molecule has 1 unspecified atom stereocenters. The van der Waals surface area contributed by atoms with Gasteiger partial charge in [-0.25, -0.2) is 0 Å². The number of aromatic nitrogens is 2. The highest BCUT2D eigenvalue weighted by atomic mass is 16.5. The van der Waals surface area contributed by atoms with Crippen molar-refractivity contribution in [3.63, 3.8) is 0 Å². The Morgan fingerprint density at radius 1 is 1.25 bits per heavy atom. The molecule has 1 saturated heterocycles. The number of benzene rings is 1. The van der Waals surface area contributed by atoms with Gasteiger partial charge in [0.2, 0.25) is 11.8 Å². The number of amides is 2. The van der Waals surface area contributed by atoms with Gasteiger partial charge >= 0.3 is 0 Å². The van der Waals surface area contributed by atoms with Gasteiger partial charge in [-0.3, -0.25) is 9.59 Å². The molecule has 150 valence electrons. The van der Waals surface area contributed by atoms with Crippen LogP contribution >= 0.6 is 0 Å². The molecule has 1 aromatic heterocycles. The van der Waals surface area contributed by atoms with Gasteiger partial charge in [0.05, 0.1) is 17.4 Å². The molecule has 3 rings (SSSR count). The Labute approximate surface area is 164 Å². The van der Waals surface area contributed by atoms with Gasteiger partial charge in [0.15, 0.2) is 5.82 Å². The fourth-order valence-corrected chi connectivity index (χ4v) is 3.05. The quantitative estimate of drug-likeness (QED) is 0.686. The Balaban J connectivity index is 1.52. The molecule has 0 radical (unpaired) electrons. The molecular weight excluding hydrogens is 360 g/mol. The van der Waals surface area contributed by atoms with Crippen molar-refractivity contribution in [1.29, 1.82) is 0 Å². The summed E-state index contributed by atoms with van der Waals surface area (Å²) in [6.07, 6.45) is 4.28. The van der Waals surface area contributed by atoms with Crippen LogP contribution in [0.1, 0.15) is 54.7 Å². The summed E-state index contributed by atoms with van der Waals surface area (Å²) in [6.45, 7) is 3.25. The number of hydrogen-bond donors (Lipinski definition) is 2. The zero-order chi connectivity index (χ0) is 19.8. The predicted molar refractivity (Wildman–Crippen MR) is 103 cm³/mol. The van der Waals surface area contributed by atoms with Gasteiger partial charge < -0.3 is 19.9 Å². The lowest BCUT2D eigenvalue weighted by Gasteiger charge is -2.13. The van der Waals surface area contributed by atoms with Gasteiger partial charge in [0, 0.05) is 32.4 Å². The molecule has 0 aliphatic carbocycles. The molecule has 1 aliphatic rings. The van der Waals surface area contributed by atoms with E-state index in [4.69, 9.17) is 9.26 Å². The van der Waals surface area contributed by atoms with Gasteiger partial charge in [0.1, 0.15) is 0 Å². The maximum atomic E-state index is 12.5. The number of para-hydroxylation sites is 1. The van der Waals surface area contributed by atoms with Crippen LogP contribution in [0.5, 0.6) is 0 Å². The van der Waals surface area contributed by atoms with E-state index in [2.05, 4.69) is 20.8 Å². The van der Waals surface area contributed by atoms with Crippen LogP contribution < -0.4 is 10.6 Å². The molecule has 28 heavy (non-hydrogen) atoms. The van der Waals surface area contributed by atoms with Crippen LogP contribution in [0, 0.1) is 0 Å². The summed E-state index contributed by atoms with van der Waals surface area (Å²) >= 11 is 0. The highest BCUT2D eigenvalue weighted by Gasteiger charge is 2.18. The molecular formula is C20H26N4O4. The molecule has 1 atom stereocenters. The normalized spacial score (nSPS) is 16.1. The fourth-order valence-electron chi connectivity index (χ4n) is 3.05. The molecule has 2 amide bonds. The third-order valence-electron chi connectivity index (χ3n) is 4.51. The zero-order valence-corrected chi connectivity index (χ0v) is 16.1. The summed E-state index contributed by atoms with van der Waals surface area (Å²) < 4.78 is 10.7. The Kier molecular flexibility index (Phi) is 7.13. The SMILES string of the molecule is CCCc1noc(CCC(=O)Nc2ccccc2C(=O)NCC2CCCO2)n1. The molecule has 1 aromatic carbocycles. The van der Waals surface area contributed by atoms with Crippen LogP contribution in [0.25, 0.3) is 0 Å². The standard InChI is InChI=1S/C20H26N4O4/c1-2-6-17-23-19(28-24-17)11-10-18(25)22-16-9-4-3-8-15(16)20(26)21-13-14-7-5-12-27-14/h3-4,8-9,14H,2,5-7,10-13H2,1H3,(H,21,26)(H,22,25). The molecule has 1 aliphatic heterocycles. The van der Waals surface area contributed by atoms with Crippen molar-refractivity contribution in [2.45, 2.75) is 51.6 Å². The van der Waals surface area contributed by atoms with Crippen LogP contribution in [0.2, 0.25) is 0 Å². The maximum absolute atomic E-state index is 12.5. The first-order valence-corrected chi connectivity index (χ1v) is 9.76. The van der Waals surface area contributed by atoms with Gasteiger partial charge in [-0.05, 0) is 31.4 Å².